The van der Waals surface area contributed by atoms with Gasteiger partial charge in [-0.1, -0.05) is 12.1 Å². The lowest BCUT2D eigenvalue weighted by Crippen LogP contribution is -2.23. The van der Waals surface area contributed by atoms with Gasteiger partial charge >= 0.3 is 0 Å². The molecule has 78 valence electrons. The van der Waals surface area contributed by atoms with Gasteiger partial charge in [-0.15, -0.1) is 0 Å². The van der Waals surface area contributed by atoms with Crippen LogP contribution >= 0.6 is 0 Å². The van der Waals surface area contributed by atoms with Crippen LogP contribution in [-0.2, 0) is 13.0 Å². The van der Waals surface area contributed by atoms with Gasteiger partial charge in [0.15, 0.2) is 0 Å². The first-order chi connectivity index (χ1) is 7.25. The fourth-order valence-electron chi connectivity index (χ4n) is 2.33. The third-order valence-electron chi connectivity index (χ3n) is 3.16. The summed E-state index contributed by atoms with van der Waals surface area (Å²) in [6, 6.07) is 6.26. The van der Waals surface area contributed by atoms with Gasteiger partial charge in [-0.3, -0.25) is 0 Å². The molecule has 1 N–H and O–H groups in total. The molecule has 1 aliphatic heterocycles. The average molecular weight is 202 g/mol. The second-order valence-electron chi connectivity index (χ2n) is 4.27. The summed E-state index contributed by atoms with van der Waals surface area (Å²) in [6.07, 6.45) is 1.31. The predicted molar refractivity (Wildman–Crippen MR) is 58.8 cm³/mol. The van der Waals surface area contributed by atoms with Crippen LogP contribution in [0.3, 0.4) is 0 Å². The smallest absolute Gasteiger partial charge is 0.112 e. The second kappa shape index (κ2) is 3.07. The summed E-state index contributed by atoms with van der Waals surface area (Å²) < 4.78 is 2.23. The van der Waals surface area contributed by atoms with E-state index in [9.17, 15) is 5.11 Å². The Morgan fingerprint density at radius 2 is 2.33 bits per heavy atom. The molecular weight excluding hydrogens is 188 g/mol. The SMILES string of the molecule is Cc1cccc2c1nc1n2CCC(O)C1. The maximum absolute atomic E-state index is 9.60. The maximum Gasteiger partial charge on any atom is 0.112 e. The van der Waals surface area contributed by atoms with Gasteiger partial charge in [0.25, 0.3) is 0 Å². The molecule has 2 aromatic rings. The standard InChI is InChI=1S/C12H14N2O/c1-8-3-2-4-10-12(8)13-11-7-9(15)5-6-14(10)11/h2-4,9,15H,5-7H2,1H3. The molecule has 0 spiro atoms. The van der Waals surface area contributed by atoms with Crippen molar-refractivity contribution in [1.82, 2.24) is 9.55 Å². The number of rotatable bonds is 0. The number of fused-ring (bicyclic) bond motifs is 3. The van der Waals surface area contributed by atoms with Crippen LogP contribution in [0.5, 0.6) is 0 Å². The topological polar surface area (TPSA) is 38.0 Å². The zero-order chi connectivity index (χ0) is 10.4. The highest BCUT2D eigenvalue weighted by Gasteiger charge is 2.20. The number of aromatic nitrogens is 2. The molecule has 3 nitrogen and oxygen atoms in total. The average Bonchev–Trinajstić information content (AvgIpc) is 2.57. The van der Waals surface area contributed by atoms with Crippen molar-refractivity contribution >= 4 is 11.0 Å². The number of aryl methyl sites for hydroxylation is 2. The molecule has 0 aliphatic carbocycles. The summed E-state index contributed by atoms with van der Waals surface area (Å²) in [5.41, 5.74) is 3.50. The van der Waals surface area contributed by atoms with E-state index >= 15 is 0 Å². The maximum atomic E-state index is 9.60. The van der Waals surface area contributed by atoms with Gasteiger partial charge in [0.05, 0.1) is 17.1 Å². The zero-order valence-electron chi connectivity index (χ0n) is 8.77. The van der Waals surface area contributed by atoms with E-state index in [4.69, 9.17) is 0 Å². The Balaban J connectivity index is 2.27. The summed E-state index contributed by atoms with van der Waals surface area (Å²) in [7, 11) is 0. The van der Waals surface area contributed by atoms with Crippen LogP contribution < -0.4 is 0 Å². The van der Waals surface area contributed by atoms with Crippen LogP contribution in [-0.4, -0.2) is 20.8 Å². The van der Waals surface area contributed by atoms with Crippen molar-refractivity contribution in [3.8, 4) is 0 Å². The van der Waals surface area contributed by atoms with Crippen molar-refractivity contribution in [3.05, 3.63) is 29.6 Å². The lowest BCUT2D eigenvalue weighted by Gasteiger charge is -2.19. The fourth-order valence-corrected chi connectivity index (χ4v) is 2.33. The van der Waals surface area contributed by atoms with Gasteiger partial charge in [0.1, 0.15) is 5.82 Å². The molecule has 0 radical (unpaired) electrons. The van der Waals surface area contributed by atoms with Crippen molar-refractivity contribution in [3.63, 3.8) is 0 Å². The molecule has 1 aromatic carbocycles. The van der Waals surface area contributed by atoms with Crippen molar-refractivity contribution < 1.29 is 5.11 Å². The summed E-state index contributed by atoms with van der Waals surface area (Å²) >= 11 is 0. The van der Waals surface area contributed by atoms with Gasteiger partial charge in [-0.25, -0.2) is 4.98 Å². The molecule has 15 heavy (non-hydrogen) atoms. The Morgan fingerprint density at radius 1 is 1.47 bits per heavy atom. The highest BCUT2D eigenvalue weighted by atomic mass is 16.3. The molecule has 0 saturated carbocycles. The third kappa shape index (κ3) is 1.27. The minimum absolute atomic E-state index is 0.213. The Bertz CT molecular complexity index is 516. The van der Waals surface area contributed by atoms with E-state index in [-0.39, 0.29) is 6.10 Å². The van der Waals surface area contributed by atoms with E-state index in [0.29, 0.717) is 6.42 Å². The van der Waals surface area contributed by atoms with E-state index in [2.05, 4.69) is 34.7 Å². The first-order valence-electron chi connectivity index (χ1n) is 5.38. The van der Waals surface area contributed by atoms with Crippen LogP contribution in [0.2, 0.25) is 0 Å². The van der Waals surface area contributed by atoms with Crippen LogP contribution in [0.4, 0.5) is 0 Å². The van der Waals surface area contributed by atoms with Crippen LogP contribution in [0.15, 0.2) is 18.2 Å². The molecule has 0 bridgehead atoms. The minimum atomic E-state index is -0.213. The molecule has 0 amide bonds. The monoisotopic (exact) mass is 202 g/mol. The van der Waals surface area contributed by atoms with Gasteiger partial charge in [-0.2, -0.15) is 0 Å². The van der Waals surface area contributed by atoms with Crippen LogP contribution in [0.1, 0.15) is 17.8 Å². The molecule has 1 aromatic heterocycles. The lowest BCUT2D eigenvalue weighted by molar-refractivity contribution is 0.142. The minimum Gasteiger partial charge on any atom is -0.393 e. The van der Waals surface area contributed by atoms with Gasteiger partial charge in [0, 0.05) is 13.0 Å². The van der Waals surface area contributed by atoms with E-state index in [0.717, 1.165) is 24.3 Å². The normalized spacial score (nSPS) is 20.5. The first-order valence-corrected chi connectivity index (χ1v) is 5.38. The Morgan fingerprint density at radius 3 is 3.20 bits per heavy atom. The van der Waals surface area contributed by atoms with Crippen molar-refractivity contribution in [1.29, 1.82) is 0 Å². The second-order valence-corrected chi connectivity index (χ2v) is 4.27. The number of aliphatic hydroxyl groups is 1. The van der Waals surface area contributed by atoms with Crippen molar-refractivity contribution in [2.24, 2.45) is 0 Å². The number of hydrogen-bond donors (Lipinski definition) is 1. The molecule has 1 unspecified atom stereocenters. The largest absolute Gasteiger partial charge is 0.393 e. The summed E-state index contributed by atoms with van der Waals surface area (Å²) in [4.78, 5) is 4.61. The number of benzene rings is 1. The number of para-hydroxylation sites is 1. The quantitative estimate of drug-likeness (QED) is 0.705. The van der Waals surface area contributed by atoms with Crippen LogP contribution in [0, 0.1) is 6.92 Å². The highest BCUT2D eigenvalue weighted by Crippen LogP contribution is 2.24. The highest BCUT2D eigenvalue weighted by molar-refractivity contribution is 5.79. The molecule has 3 rings (SSSR count). The number of nitrogens with zero attached hydrogens (tertiary/aromatic N) is 2. The van der Waals surface area contributed by atoms with Crippen molar-refractivity contribution in [2.45, 2.75) is 32.4 Å². The van der Waals surface area contributed by atoms with Crippen molar-refractivity contribution in [2.75, 3.05) is 0 Å². The molecule has 0 fully saturated rings. The zero-order valence-corrected chi connectivity index (χ0v) is 8.77. The van der Waals surface area contributed by atoms with Gasteiger partial charge in [0.2, 0.25) is 0 Å². The number of imidazole rings is 1. The summed E-state index contributed by atoms with van der Waals surface area (Å²) in [5, 5.41) is 9.60. The molecule has 3 heteroatoms. The molecule has 0 saturated heterocycles. The van der Waals surface area contributed by atoms with E-state index in [1.807, 2.05) is 0 Å². The Kier molecular flexibility index (Phi) is 1.83. The van der Waals surface area contributed by atoms with Crippen LogP contribution in [0.25, 0.3) is 11.0 Å². The summed E-state index contributed by atoms with van der Waals surface area (Å²) in [5.74, 6) is 1.03. The van der Waals surface area contributed by atoms with Gasteiger partial charge < -0.3 is 9.67 Å². The van der Waals surface area contributed by atoms with E-state index < -0.39 is 0 Å². The predicted octanol–water partition coefficient (Wildman–Crippen LogP) is 1.65. The lowest BCUT2D eigenvalue weighted by atomic mass is 10.1. The van der Waals surface area contributed by atoms with E-state index in [1.165, 1.54) is 11.1 Å². The molecule has 2 heterocycles. The Labute approximate surface area is 88.4 Å². The molecule has 1 aliphatic rings. The summed E-state index contributed by atoms with van der Waals surface area (Å²) in [6.45, 7) is 2.97. The molecule has 1 atom stereocenters. The first kappa shape index (κ1) is 8.92. The van der Waals surface area contributed by atoms with Gasteiger partial charge in [-0.05, 0) is 25.0 Å². The fraction of sp³-hybridized carbons (Fsp3) is 0.417. The molecular formula is C12H14N2O. The number of hydrogen-bond acceptors (Lipinski definition) is 2. The van der Waals surface area contributed by atoms with E-state index in [1.54, 1.807) is 0 Å². The number of aliphatic hydroxyl groups excluding tert-OH is 1. The third-order valence-corrected chi connectivity index (χ3v) is 3.16. The Hall–Kier alpha value is -1.35.